The van der Waals surface area contributed by atoms with Gasteiger partial charge in [0.15, 0.2) is 0 Å². The van der Waals surface area contributed by atoms with Crippen LogP contribution in [0, 0.1) is 0 Å². The molecule has 1 heterocycles. The Labute approximate surface area is 100 Å². The summed E-state index contributed by atoms with van der Waals surface area (Å²) in [5.41, 5.74) is -0.138. The average molecular weight is 238 g/mol. The Kier molecular flexibility index (Phi) is 4.90. The standard InChI is InChI=1S/C12H18N2O3/c1-3-13(4-2)7-8-14-9-10(12(16)17)5-6-11(14)15/h5-6,9H,3-4,7-8H2,1-2H3,(H,16,17). The number of carboxylic acids is 1. The van der Waals surface area contributed by atoms with Crippen molar-refractivity contribution in [3.05, 3.63) is 34.2 Å². The third kappa shape index (κ3) is 3.71. The SMILES string of the molecule is CC[NH+](CC)CCn1cc(C(=O)[O-])ccc1=O. The van der Waals surface area contributed by atoms with E-state index in [-0.39, 0.29) is 11.1 Å². The zero-order valence-corrected chi connectivity index (χ0v) is 10.2. The van der Waals surface area contributed by atoms with Gasteiger partial charge in [0.2, 0.25) is 0 Å². The number of carbonyl (C=O) groups is 1. The summed E-state index contributed by atoms with van der Waals surface area (Å²) >= 11 is 0. The number of carbonyl (C=O) groups excluding carboxylic acids is 1. The molecule has 5 nitrogen and oxygen atoms in total. The molecule has 0 aliphatic carbocycles. The van der Waals surface area contributed by atoms with E-state index in [0.717, 1.165) is 19.6 Å². The zero-order valence-electron chi connectivity index (χ0n) is 10.2. The minimum Gasteiger partial charge on any atom is -0.545 e. The fourth-order valence-electron chi connectivity index (χ4n) is 1.71. The van der Waals surface area contributed by atoms with Gasteiger partial charge in [0, 0.05) is 17.8 Å². The summed E-state index contributed by atoms with van der Waals surface area (Å²) in [6.45, 7) is 7.48. The van der Waals surface area contributed by atoms with Crippen LogP contribution < -0.4 is 15.6 Å². The third-order valence-corrected chi connectivity index (χ3v) is 2.93. The Morgan fingerprint density at radius 3 is 2.53 bits per heavy atom. The minimum atomic E-state index is -1.26. The Hall–Kier alpha value is -1.62. The van der Waals surface area contributed by atoms with Crippen LogP contribution >= 0.6 is 0 Å². The second-order valence-electron chi connectivity index (χ2n) is 3.94. The lowest BCUT2D eigenvalue weighted by atomic mass is 10.3. The van der Waals surface area contributed by atoms with Gasteiger partial charge in [-0.05, 0) is 19.9 Å². The Bertz CT molecular complexity index is 436. The molecule has 0 bridgehead atoms. The minimum absolute atomic E-state index is 0.0409. The van der Waals surface area contributed by atoms with Crippen molar-refractivity contribution >= 4 is 5.97 Å². The first kappa shape index (κ1) is 13.4. The number of aromatic nitrogens is 1. The molecule has 0 spiro atoms. The van der Waals surface area contributed by atoms with Crippen molar-refractivity contribution in [3.63, 3.8) is 0 Å². The Morgan fingerprint density at radius 2 is 2.00 bits per heavy atom. The molecule has 5 heteroatoms. The van der Waals surface area contributed by atoms with Gasteiger partial charge in [-0.25, -0.2) is 0 Å². The lowest BCUT2D eigenvalue weighted by Crippen LogP contribution is -3.11. The van der Waals surface area contributed by atoms with Crippen molar-refractivity contribution in [1.29, 1.82) is 0 Å². The quantitative estimate of drug-likeness (QED) is 0.632. The van der Waals surface area contributed by atoms with E-state index < -0.39 is 5.97 Å². The molecular weight excluding hydrogens is 220 g/mol. The largest absolute Gasteiger partial charge is 0.545 e. The molecule has 17 heavy (non-hydrogen) atoms. The summed E-state index contributed by atoms with van der Waals surface area (Å²) in [6, 6.07) is 2.54. The molecule has 0 unspecified atom stereocenters. The van der Waals surface area contributed by atoms with Gasteiger partial charge in [0.25, 0.3) is 5.56 Å². The number of nitrogens with zero attached hydrogens (tertiary/aromatic N) is 1. The summed E-state index contributed by atoms with van der Waals surface area (Å²) in [5, 5.41) is 10.7. The molecule has 0 fully saturated rings. The molecule has 1 aromatic heterocycles. The second-order valence-corrected chi connectivity index (χ2v) is 3.94. The van der Waals surface area contributed by atoms with Crippen molar-refractivity contribution < 1.29 is 14.8 Å². The highest BCUT2D eigenvalue weighted by Gasteiger charge is 2.04. The van der Waals surface area contributed by atoms with E-state index in [1.165, 1.54) is 27.8 Å². The van der Waals surface area contributed by atoms with Crippen LogP contribution in [0.1, 0.15) is 24.2 Å². The summed E-state index contributed by atoms with van der Waals surface area (Å²) in [5.74, 6) is -1.26. The molecule has 0 aliphatic heterocycles. The number of hydrogen-bond donors (Lipinski definition) is 1. The number of likely N-dealkylation sites (N-methyl/N-ethyl adjacent to an activating group) is 1. The van der Waals surface area contributed by atoms with Gasteiger partial charge >= 0.3 is 0 Å². The number of nitrogens with one attached hydrogen (secondary N) is 1. The van der Waals surface area contributed by atoms with Crippen LogP contribution in [0.25, 0.3) is 0 Å². The normalized spacial score (nSPS) is 10.8. The molecule has 0 aromatic carbocycles. The summed E-state index contributed by atoms with van der Waals surface area (Å²) in [6.07, 6.45) is 1.35. The van der Waals surface area contributed by atoms with E-state index >= 15 is 0 Å². The number of aromatic carboxylic acids is 1. The molecule has 0 aliphatic rings. The fourth-order valence-corrected chi connectivity index (χ4v) is 1.71. The molecule has 0 saturated heterocycles. The van der Waals surface area contributed by atoms with Gasteiger partial charge in [0.05, 0.1) is 32.1 Å². The number of carboxylic acid groups (broad SMARTS) is 1. The highest BCUT2D eigenvalue weighted by Crippen LogP contribution is 1.93. The smallest absolute Gasteiger partial charge is 0.250 e. The number of pyridine rings is 1. The highest BCUT2D eigenvalue weighted by molar-refractivity contribution is 5.85. The van der Waals surface area contributed by atoms with E-state index in [1.807, 2.05) is 0 Å². The van der Waals surface area contributed by atoms with Crippen molar-refractivity contribution in [2.75, 3.05) is 19.6 Å². The van der Waals surface area contributed by atoms with Gasteiger partial charge in [-0.3, -0.25) is 4.79 Å². The predicted molar refractivity (Wildman–Crippen MR) is 61.9 cm³/mol. The molecular formula is C12H18N2O3. The number of rotatable bonds is 6. The third-order valence-electron chi connectivity index (χ3n) is 2.93. The molecule has 1 rings (SSSR count). The summed E-state index contributed by atoms with van der Waals surface area (Å²) < 4.78 is 1.43. The van der Waals surface area contributed by atoms with Crippen LogP contribution in [0.15, 0.2) is 23.1 Å². The first-order chi connectivity index (χ1) is 8.08. The van der Waals surface area contributed by atoms with Gasteiger partial charge in [-0.1, -0.05) is 0 Å². The molecule has 0 atom stereocenters. The van der Waals surface area contributed by atoms with Crippen molar-refractivity contribution in [2.24, 2.45) is 0 Å². The van der Waals surface area contributed by atoms with Gasteiger partial charge in [-0.15, -0.1) is 0 Å². The van der Waals surface area contributed by atoms with Crippen molar-refractivity contribution in [2.45, 2.75) is 20.4 Å². The second kappa shape index (κ2) is 6.20. The summed E-state index contributed by atoms with van der Waals surface area (Å²) in [4.78, 5) is 23.6. The maximum Gasteiger partial charge on any atom is 0.250 e. The van der Waals surface area contributed by atoms with Crippen molar-refractivity contribution in [1.82, 2.24) is 4.57 Å². The number of hydrogen-bond acceptors (Lipinski definition) is 3. The average Bonchev–Trinajstić information content (AvgIpc) is 2.32. The van der Waals surface area contributed by atoms with E-state index in [4.69, 9.17) is 0 Å². The summed E-state index contributed by atoms with van der Waals surface area (Å²) in [7, 11) is 0. The topological polar surface area (TPSA) is 66.6 Å². The van der Waals surface area contributed by atoms with Gasteiger partial charge in [-0.2, -0.15) is 0 Å². The Morgan fingerprint density at radius 1 is 1.35 bits per heavy atom. The maximum absolute atomic E-state index is 11.5. The molecule has 1 aromatic rings. The van der Waals surface area contributed by atoms with E-state index in [2.05, 4.69) is 13.8 Å². The van der Waals surface area contributed by atoms with E-state index in [1.54, 1.807) is 0 Å². The lowest BCUT2D eigenvalue weighted by molar-refractivity contribution is -0.897. The maximum atomic E-state index is 11.5. The molecule has 0 radical (unpaired) electrons. The fraction of sp³-hybridized carbons (Fsp3) is 0.500. The predicted octanol–water partition coefficient (Wildman–Crippen LogP) is -1.86. The molecule has 1 N–H and O–H groups in total. The van der Waals surface area contributed by atoms with Gasteiger partial charge in [0.1, 0.15) is 0 Å². The molecule has 0 saturated carbocycles. The molecule has 0 amide bonds. The first-order valence-corrected chi connectivity index (χ1v) is 5.83. The van der Waals surface area contributed by atoms with Crippen LogP contribution in [-0.4, -0.2) is 30.2 Å². The Balaban J connectivity index is 2.79. The molecule has 94 valence electrons. The van der Waals surface area contributed by atoms with Crippen molar-refractivity contribution in [3.8, 4) is 0 Å². The van der Waals surface area contributed by atoms with E-state index in [0.29, 0.717) is 6.54 Å². The highest BCUT2D eigenvalue weighted by atomic mass is 16.4. The van der Waals surface area contributed by atoms with Crippen LogP contribution in [0.4, 0.5) is 0 Å². The van der Waals surface area contributed by atoms with Crippen LogP contribution in [0.3, 0.4) is 0 Å². The monoisotopic (exact) mass is 238 g/mol. The van der Waals surface area contributed by atoms with Gasteiger partial charge < -0.3 is 19.4 Å². The first-order valence-electron chi connectivity index (χ1n) is 5.83. The van der Waals surface area contributed by atoms with Crippen LogP contribution in [0.2, 0.25) is 0 Å². The van der Waals surface area contributed by atoms with E-state index in [9.17, 15) is 14.7 Å². The number of quaternary nitrogens is 1. The zero-order chi connectivity index (χ0) is 12.8. The van der Waals surface area contributed by atoms with Crippen LogP contribution in [-0.2, 0) is 6.54 Å². The lowest BCUT2D eigenvalue weighted by Gasteiger charge is -2.16. The van der Waals surface area contributed by atoms with Crippen LogP contribution in [0.5, 0.6) is 0 Å².